The van der Waals surface area contributed by atoms with Crippen LogP contribution in [0.2, 0.25) is 0 Å². The minimum atomic E-state index is 0. The van der Waals surface area contributed by atoms with E-state index in [-0.39, 0.29) is 22.8 Å². The molecule has 1 aromatic heterocycles. The van der Waals surface area contributed by atoms with E-state index in [0.29, 0.717) is 6.54 Å². The lowest BCUT2D eigenvalue weighted by Gasteiger charge is -2.04. The number of ketones is 1. The molecule has 3 aromatic rings. The molecule has 0 unspecified atom stereocenters. The average molecular weight is 466 g/mol. The molecule has 0 fully saturated rings. The molecule has 0 N–H and O–H groups in total. The Labute approximate surface area is 191 Å². The molecule has 0 amide bonds. The molecular formula is C27H32BrNO. The topological polar surface area (TPSA) is 20.9 Å². The van der Waals surface area contributed by atoms with Crippen LogP contribution >= 0.6 is 0 Å². The number of rotatable bonds is 11. The van der Waals surface area contributed by atoms with E-state index in [4.69, 9.17) is 0 Å². The lowest BCUT2D eigenvalue weighted by molar-refractivity contribution is -0.683. The highest BCUT2D eigenvalue weighted by Gasteiger charge is 2.12. The van der Waals surface area contributed by atoms with E-state index in [0.717, 1.165) is 17.5 Å². The number of aromatic nitrogens is 1. The molecule has 0 aliphatic rings. The molecule has 3 heteroatoms. The number of hydrogen-bond acceptors (Lipinski definition) is 1. The zero-order chi connectivity index (χ0) is 20.3. The van der Waals surface area contributed by atoms with Crippen molar-refractivity contribution in [1.29, 1.82) is 0 Å². The molecule has 0 radical (unpaired) electrons. The zero-order valence-corrected chi connectivity index (χ0v) is 19.5. The first kappa shape index (κ1) is 24.0. The third-order valence-electron chi connectivity index (χ3n) is 5.42. The second kappa shape index (κ2) is 13.1. The predicted molar refractivity (Wildman–Crippen MR) is 120 cm³/mol. The van der Waals surface area contributed by atoms with Crippen LogP contribution in [0.25, 0.3) is 11.1 Å². The van der Waals surface area contributed by atoms with Gasteiger partial charge in [-0.2, -0.15) is 4.57 Å². The first-order valence-electron chi connectivity index (χ1n) is 10.9. The molecule has 0 atom stereocenters. The fourth-order valence-electron chi connectivity index (χ4n) is 3.61. The van der Waals surface area contributed by atoms with Crippen LogP contribution in [0.5, 0.6) is 0 Å². The van der Waals surface area contributed by atoms with Crippen molar-refractivity contribution in [2.75, 3.05) is 0 Å². The molecule has 2 aromatic carbocycles. The Morgan fingerprint density at radius 2 is 1.33 bits per heavy atom. The first-order valence-corrected chi connectivity index (χ1v) is 10.9. The normalized spacial score (nSPS) is 10.4. The second-order valence-electron chi connectivity index (χ2n) is 7.76. The summed E-state index contributed by atoms with van der Waals surface area (Å²) in [5, 5.41) is 0. The fraction of sp³-hybridized carbons (Fsp3) is 0.333. The molecule has 30 heavy (non-hydrogen) atoms. The molecule has 0 spiro atoms. The summed E-state index contributed by atoms with van der Waals surface area (Å²) in [4.78, 5) is 12.6. The van der Waals surface area contributed by atoms with E-state index in [2.05, 4.69) is 31.2 Å². The minimum Gasteiger partial charge on any atom is -1.00 e. The van der Waals surface area contributed by atoms with Gasteiger partial charge in [0, 0.05) is 17.7 Å². The van der Waals surface area contributed by atoms with Crippen molar-refractivity contribution in [3.63, 3.8) is 0 Å². The van der Waals surface area contributed by atoms with Crippen molar-refractivity contribution >= 4 is 5.78 Å². The van der Waals surface area contributed by atoms with Gasteiger partial charge in [0.15, 0.2) is 12.4 Å². The Balaban J connectivity index is 0.00000320. The van der Waals surface area contributed by atoms with Crippen molar-refractivity contribution in [1.82, 2.24) is 0 Å². The van der Waals surface area contributed by atoms with Crippen LogP contribution in [-0.2, 0) is 13.0 Å². The minimum absolute atomic E-state index is 0. The monoisotopic (exact) mass is 465 g/mol. The number of nitrogens with zero attached hydrogens (tertiary/aromatic N) is 1. The van der Waals surface area contributed by atoms with Gasteiger partial charge in [0.25, 0.3) is 0 Å². The third kappa shape index (κ3) is 7.53. The lowest BCUT2D eigenvalue weighted by atomic mass is 10.0. The highest BCUT2D eigenvalue weighted by Crippen LogP contribution is 2.19. The highest BCUT2D eigenvalue weighted by atomic mass is 79.9. The summed E-state index contributed by atoms with van der Waals surface area (Å²) in [6.45, 7) is 2.63. The Kier molecular flexibility index (Phi) is 10.5. The number of halogens is 1. The molecule has 0 saturated heterocycles. The summed E-state index contributed by atoms with van der Waals surface area (Å²) >= 11 is 0. The summed E-state index contributed by atoms with van der Waals surface area (Å²) < 4.78 is 1.97. The number of hydrogen-bond donors (Lipinski definition) is 0. The summed E-state index contributed by atoms with van der Waals surface area (Å²) in [5.74, 6) is 0.137. The van der Waals surface area contributed by atoms with Crippen molar-refractivity contribution in [2.45, 2.75) is 58.4 Å². The van der Waals surface area contributed by atoms with E-state index in [1.165, 1.54) is 49.7 Å². The van der Waals surface area contributed by atoms with Crippen LogP contribution in [0.3, 0.4) is 0 Å². The van der Waals surface area contributed by atoms with Crippen LogP contribution in [0, 0.1) is 0 Å². The van der Waals surface area contributed by atoms with Gasteiger partial charge in [0.1, 0.15) is 0 Å². The smallest absolute Gasteiger partial charge is 0.227 e. The van der Waals surface area contributed by atoms with Crippen molar-refractivity contribution < 1.29 is 26.3 Å². The maximum absolute atomic E-state index is 12.6. The van der Waals surface area contributed by atoms with E-state index < -0.39 is 0 Å². The lowest BCUT2D eigenvalue weighted by Crippen LogP contribution is -3.00. The van der Waals surface area contributed by atoms with Crippen LogP contribution < -0.4 is 21.5 Å². The van der Waals surface area contributed by atoms with E-state index in [1.54, 1.807) is 0 Å². The predicted octanol–water partition coefficient (Wildman–Crippen LogP) is 3.43. The molecule has 0 aliphatic carbocycles. The standard InChI is InChI=1S/C27H32NO.BrH/c1-2-3-4-5-6-8-11-23-18-20-28(21-19-23)22-27(29)26-16-14-25(15-17-26)24-12-9-7-10-13-24;/h7,9-10,12-21H,2-6,8,11,22H2,1H3;1H/q+1;/p-1. The number of benzene rings is 2. The maximum Gasteiger partial charge on any atom is 0.227 e. The summed E-state index contributed by atoms with van der Waals surface area (Å²) in [6.07, 6.45) is 13.1. The number of carbonyl (C=O) groups is 1. The molecule has 3 rings (SSSR count). The Morgan fingerprint density at radius 1 is 0.733 bits per heavy atom. The van der Waals surface area contributed by atoms with E-state index in [9.17, 15) is 4.79 Å². The van der Waals surface area contributed by atoms with Gasteiger partial charge in [-0.3, -0.25) is 4.79 Å². The molecule has 1 heterocycles. The molecule has 0 aliphatic heterocycles. The number of pyridine rings is 1. The second-order valence-corrected chi connectivity index (χ2v) is 7.76. The number of Topliss-reactive ketones (excluding diaryl/α,β-unsaturated/α-hetero) is 1. The van der Waals surface area contributed by atoms with Gasteiger partial charge in [0.05, 0.1) is 0 Å². The van der Waals surface area contributed by atoms with Gasteiger partial charge in [0.2, 0.25) is 12.3 Å². The van der Waals surface area contributed by atoms with Gasteiger partial charge in [-0.15, -0.1) is 0 Å². The van der Waals surface area contributed by atoms with Crippen molar-refractivity contribution in [3.8, 4) is 11.1 Å². The molecule has 0 bridgehead atoms. The van der Waals surface area contributed by atoms with Gasteiger partial charge >= 0.3 is 0 Å². The van der Waals surface area contributed by atoms with Gasteiger partial charge < -0.3 is 17.0 Å². The van der Waals surface area contributed by atoms with Gasteiger partial charge in [-0.1, -0.05) is 93.6 Å². The first-order chi connectivity index (χ1) is 14.3. The van der Waals surface area contributed by atoms with Gasteiger partial charge in [-0.25, -0.2) is 0 Å². The number of unbranched alkanes of at least 4 members (excludes halogenated alkanes) is 5. The van der Waals surface area contributed by atoms with Crippen molar-refractivity contribution in [3.05, 3.63) is 90.3 Å². The number of aryl methyl sites for hydroxylation is 1. The molecule has 158 valence electrons. The highest BCUT2D eigenvalue weighted by molar-refractivity contribution is 5.95. The fourth-order valence-corrected chi connectivity index (χ4v) is 3.61. The van der Waals surface area contributed by atoms with Gasteiger partial charge in [-0.05, 0) is 29.5 Å². The van der Waals surface area contributed by atoms with Crippen LogP contribution in [0.1, 0.15) is 61.4 Å². The van der Waals surface area contributed by atoms with Crippen LogP contribution in [-0.4, -0.2) is 5.78 Å². The van der Waals surface area contributed by atoms with Crippen LogP contribution in [0.15, 0.2) is 79.1 Å². The Bertz CT molecular complexity index is 873. The molecular weight excluding hydrogens is 434 g/mol. The maximum atomic E-state index is 12.6. The quantitative estimate of drug-likeness (QED) is 0.241. The summed E-state index contributed by atoms with van der Waals surface area (Å²) in [5.41, 5.74) is 4.42. The van der Waals surface area contributed by atoms with E-state index >= 15 is 0 Å². The molecule has 2 nitrogen and oxygen atoms in total. The summed E-state index contributed by atoms with van der Waals surface area (Å²) in [6, 6.07) is 22.4. The Hall–Kier alpha value is -2.26. The van der Waals surface area contributed by atoms with Crippen LogP contribution in [0.4, 0.5) is 0 Å². The average Bonchev–Trinajstić information content (AvgIpc) is 2.78. The number of carbonyl (C=O) groups excluding carboxylic acids is 1. The summed E-state index contributed by atoms with van der Waals surface area (Å²) in [7, 11) is 0. The SMILES string of the molecule is CCCCCCCCc1cc[n+](CC(=O)c2ccc(-c3ccccc3)cc2)cc1.[Br-]. The van der Waals surface area contributed by atoms with Crippen molar-refractivity contribution in [2.24, 2.45) is 0 Å². The third-order valence-corrected chi connectivity index (χ3v) is 5.42. The largest absolute Gasteiger partial charge is 1.00 e. The van der Waals surface area contributed by atoms with E-state index in [1.807, 2.05) is 59.4 Å². The molecule has 0 saturated carbocycles. The Morgan fingerprint density at radius 3 is 2.00 bits per heavy atom. The zero-order valence-electron chi connectivity index (χ0n) is 17.9.